The summed E-state index contributed by atoms with van der Waals surface area (Å²) in [6.07, 6.45) is 5.20. The molecule has 2 heterocycles. The number of hydrogen-bond acceptors (Lipinski definition) is 3. The molecule has 122 valence electrons. The first-order chi connectivity index (χ1) is 11.5. The van der Waals surface area contributed by atoms with Crippen molar-refractivity contribution in [3.63, 3.8) is 0 Å². The van der Waals surface area contributed by atoms with Crippen molar-refractivity contribution in [1.29, 1.82) is 0 Å². The zero-order valence-corrected chi connectivity index (χ0v) is 14.1. The lowest BCUT2D eigenvalue weighted by molar-refractivity contribution is 0.101. The molecule has 0 radical (unpaired) electrons. The average Bonchev–Trinajstić information content (AvgIpc) is 2.57. The number of carbonyl (C=O) groups excluding carboxylic acids is 1. The zero-order chi connectivity index (χ0) is 17.3. The summed E-state index contributed by atoms with van der Waals surface area (Å²) in [6.45, 7) is 6.42. The lowest BCUT2D eigenvalue weighted by Gasteiger charge is -2.16. The molecule has 0 saturated carbocycles. The monoisotopic (exact) mass is 320 g/mol. The molecule has 0 atom stereocenters. The molecule has 1 aromatic carbocycles. The van der Waals surface area contributed by atoms with Crippen LogP contribution in [-0.4, -0.2) is 15.3 Å². The van der Waals surface area contributed by atoms with Crippen LogP contribution in [0, 0.1) is 5.92 Å². The van der Waals surface area contributed by atoms with Gasteiger partial charge in [-0.1, -0.05) is 19.9 Å². The Morgan fingerprint density at radius 2 is 1.83 bits per heavy atom. The van der Waals surface area contributed by atoms with Crippen molar-refractivity contribution in [3.05, 3.63) is 64.7 Å². The molecule has 0 unspecified atom stereocenters. The Balaban J connectivity index is 2.29. The maximum atomic E-state index is 12.6. The highest BCUT2D eigenvalue weighted by molar-refractivity contribution is 5.97. The standard InChI is InChI=1S/C20H20N2O2/c1-13(2)11-22-12-18(14(3)23)20(24)17-5-4-16(10-19(17)22)15-6-8-21-9-7-15/h4-10,12-13H,11H2,1-3H3. The molecule has 4 heteroatoms. The Morgan fingerprint density at radius 1 is 1.12 bits per heavy atom. The van der Waals surface area contributed by atoms with Crippen LogP contribution in [-0.2, 0) is 6.54 Å². The number of ketones is 1. The summed E-state index contributed by atoms with van der Waals surface area (Å²) in [5.41, 5.74) is 2.98. The summed E-state index contributed by atoms with van der Waals surface area (Å²) in [4.78, 5) is 28.5. The molecule has 0 N–H and O–H groups in total. The van der Waals surface area contributed by atoms with Gasteiger partial charge in [0.1, 0.15) is 0 Å². The summed E-state index contributed by atoms with van der Waals surface area (Å²) in [6, 6.07) is 9.63. The first-order valence-corrected chi connectivity index (χ1v) is 8.06. The van der Waals surface area contributed by atoms with Gasteiger partial charge in [-0.3, -0.25) is 14.6 Å². The quantitative estimate of drug-likeness (QED) is 0.685. The summed E-state index contributed by atoms with van der Waals surface area (Å²) < 4.78 is 2.02. The van der Waals surface area contributed by atoms with Crippen LogP contribution in [0.5, 0.6) is 0 Å². The second kappa shape index (κ2) is 6.40. The molecule has 0 fully saturated rings. The minimum absolute atomic E-state index is 0.196. The normalized spacial score (nSPS) is 11.2. The Kier molecular flexibility index (Phi) is 4.30. The van der Waals surface area contributed by atoms with E-state index in [2.05, 4.69) is 18.8 Å². The van der Waals surface area contributed by atoms with Gasteiger partial charge in [0, 0.05) is 30.5 Å². The van der Waals surface area contributed by atoms with E-state index in [4.69, 9.17) is 0 Å². The van der Waals surface area contributed by atoms with Gasteiger partial charge in [-0.2, -0.15) is 0 Å². The fourth-order valence-electron chi connectivity index (χ4n) is 2.91. The number of benzene rings is 1. The maximum Gasteiger partial charge on any atom is 0.200 e. The minimum Gasteiger partial charge on any atom is -0.346 e. The number of pyridine rings is 2. The number of hydrogen-bond donors (Lipinski definition) is 0. The third kappa shape index (κ3) is 3.00. The number of carbonyl (C=O) groups is 1. The second-order valence-corrected chi connectivity index (χ2v) is 6.44. The lowest BCUT2D eigenvalue weighted by atomic mass is 10.0. The summed E-state index contributed by atoms with van der Waals surface area (Å²) in [5, 5.41) is 0.584. The van der Waals surface area contributed by atoms with Crippen LogP contribution in [0.3, 0.4) is 0 Å². The van der Waals surface area contributed by atoms with Gasteiger partial charge in [0.25, 0.3) is 0 Å². The number of rotatable bonds is 4. The van der Waals surface area contributed by atoms with Crippen LogP contribution >= 0.6 is 0 Å². The largest absolute Gasteiger partial charge is 0.346 e. The van der Waals surface area contributed by atoms with E-state index >= 15 is 0 Å². The molecule has 4 nitrogen and oxygen atoms in total. The Labute approximate surface area is 140 Å². The van der Waals surface area contributed by atoms with Gasteiger partial charge in [0.2, 0.25) is 0 Å². The number of fused-ring (bicyclic) bond motifs is 1. The van der Waals surface area contributed by atoms with Gasteiger partial charge >= 0.3 is 0 Å². The van der Waals surface area contributed by atoms with Crippen molar-refractivity contribution >= 4 is 16.7 Å². The van der Waals surface area contributed by atoms with Crippen LogP contribution < -0.4 is 5.43 Å². The van der Waals surface area contributed by atoms with Crippen LogP contribution in [0.1, 0.15) is 31.1 Å². The fourth-order valence-corrected chi connectivity index (χ4v) is 2.91. The van der Waals surface area contributed by atoms with E-state index in [9.17, 15) is 9.59 Å². The van der Waals surface area contributed by atoms with Crippen molar-refractivity contribution in [3.8, 4) is 11.1 Å². The van der Waals surface area contributed by atoms with E-state index in [0.717, 1.165) is 23.2 Å². The van der Waals surface area contributed by atoms with Crippen molar-refractivity contribution in [2.45, 2.75) is 27.3 Å². The van der Waals surface area contributed by atoms with Crippen molar-refractivity contribution < 1.29 is 4.79 Å². The van der Waals surface area contributed by atoms with Crippen LogP contribution in [0.15, 0.2) is 53.7 Å². The molecule has 3 rings (SSSR count). The van der Waals surface area contributed by atoms with Gasteiger partial charge in [0.15, 0.2) is 11.2 Å². The minimum atomic E-state index is -0.197. The van der Waals surface area contributed by atoms with Crippen molar-refractivity contribution in [2.24, 2.45) is 5.92 Å². The highest BCUT2D eigenvalue weighted by Gasteiger charge is 2.14. The Bertz CT molecular complexity index is 957. The van der Waals surface area contributed by atoms with E-state index in [0.29, 0.717) is 11.3 Å². The lowest BCUT2D eigenvalue weighted by Crippen LogP contribution is -2.19. The molecule has 2 aromatic heterocycles. The first-order valence-electron chi connectivity index (χ1n) is 8.06. The van der Waals surface area contributed by atoms with E-state index in [1.807, 2.05) is 34.9 Å². The third-order valence-corrected chi connectivity index (χ3v) is 4.04. The van der Waals surface area contributed by atoms with Crippen molar-refractivity contribution in [1.82, 2.24) is 9.55 Å². The predicted molar refractivity (Wildman–Crippen MR) is 96.3 cm³/mol. The summed E-state index contributed by atoms with van der Waals surface area (Å²) in [5.74, 6) is 0.206. The van der Waals surface area contributed by atoms with Crippen molar-refractivity contribution in [2.75, 3.05) is 0 Å². The van der Waals surface area contributed by atoms with E-state index in [1.54, 1.807) is 18.6 Å². The molecule has 3 aromatic rings. The predicted octanol–water partition coefficient (Wildman–Crippen LogP) is 3.92. The van der Waals surface area contributed by atoms with E-state index in [-0.39, 0.29) is 16.8 Å². The molecule has 0 aliphatic carbocycles. The number of aromatic nitrogens is 2. The van der Waals surface area contributed by atoms with Gasteiger partial charge in [-0.05, 0) is 48.2 Å². The third-order valence-electron chi connectivity index (χ3n) is 4.04. The number of nitrogens with zero attached hydrogens (tertiary/aromatic N) is 2. The Hall–Kier alpha value is -2.75. The average molecular weight is 320 g/mol. The highest BCUT2D eigenvalue weighted by Crippen LogP contribution is 2.23. The molecule has 0 aliphatic heterocycles. The fraction of sp³-hybridized carbons (Fsp3) is 0.250. The van der Waals surface area contributed by atoms with Crippen LogP contribution in [0.4, 0.5) is 0 Å². The van der Waals surface area contributed by atoms with Crippen LogP contribution in [0.2, 0.25) is 0 Å². The zero-order valence-electron chi connectivity index (χ0n) is 14.1. The molecular formula is C20H20N2O2. The number of Topliss-reactive ketones (excluding diaryl/α,β-unsaturated/α-hetero) is 1. The molecule has 0 bridgehead atoms. The smallest absolute Gasteiger partial charge is 0.200 e. The molecule has 24 heavy (non-hydrogen) atoms. The van der Waals surface area contributed by atoms with Gasteiger partial charge < -0.3 is 4.57 Å². The highest BCUT2D eigenvalue weighted by atomic mass is 16.1. The van der Waals surface area contributed by atoms with Gasteiger partial charge in [-0.15, -0.1) is 0 Å². The first kappa shape index (κ1) is 16.1. The van der Waals surface area contributed by atoms with Gasteiger partial charge in [0.05, 0.1) is 11.1 Å². The molecule has 0 aliphatic rings. The molecule has 0 spiro atoms. The summed E-state index contributed by atoms with van der Waals surface area (Å²) in [7, 11) is 0. The van der Waals surface area contributed by atoms with E-state index in [1.165, 1.54) is 6.92 Å². The molecule has 0 amide bonds. The van der Waals surface area contributed by atoms with Crippen LogP contribution in [0.25, 0.3) is 22.0 Å². The van der Waals surface area contributed by atoms with Gasteiger partial charge in [-0.25, -0.2) is 0 Å². The SMILES string of the molecule is CC(=O)c1cn(CC(C)C)c2cc(-c3ccncc3)ccc2c1=O. The maximum absolute atomic E-state index is 12.6. The Morgan fingerprint density at radius 3 is 2.46 bits per heavy atom. The topological polar surface area (TPSA) is 52.0 Å². The summed E-state index contributed by atoms with van der Waals surface area (Å²) >= 11 is 0. The second-order valence-electron chi connectivity index (χ2n) is 6.44. The molecular weight excluding hydrogens is 300 g/mol. The van der Waals surface area contributed by atoms with E-state index < -0.39 is 0 Å². The molecule has 0 saturated heterocycles.